The molecule has 9 heteroatoms. The van der Waals surface area contributed by atoms with Crippen molar-refractivity contribution in [2.45, 2.75) is 18.9 Å². The van der Waals surface area contributed by atoms with Crippen LogP contribution in [0.15, 0.2) is 60.8 Å². The molecule has 1 saturated heterocycles. The number of benzene rings is 1. The van der Waals surface area contributed by atoms with Crippen LogP contribution in [0.4, 0.5) is 11.5 Å². The second kappa shape index (κ2) is 9.17. The van der Waals surface area contributed by atoms with E-state index in [0.717, 1.165) is 5.56 Å². The molecule has 3 aromatic rings. The first kappa shape index (κ1) is 22.5. The lowest BCUT2D eigenvalue weighted by Crippen LogP contribution is -2.57. The van der Waals surface area contributed by atoms with Gasteiger partial charge in [0.15, 0.2) is 0 Å². The number of nitrogens with zero attached hydrogens (tertiary/aromatic N) is 4. The normalized spacial score (nSPS) is 19.1. The van der Waals surface area contributed by atoms with Crippen LogP contribution < -0.4 is 11.1 Å². The fourth-order valence-corrected chi connectivity index (χ4v) is 4.78. The van der Waals surface area contributed by atoms with Crippen LogP contribution in [0, 0.1) is 0 Å². The minimum Gasteiger partial charge on any atom is -0.384 e. The first-order valence-electron chi connectivity index (χ1n) is 11.6. The van der Waals surface area contributed by atoms with Crippen molar-refractivity contribution in [3.8, 4) is 11.4 Å². The molecular weight excluding hydrogens is 444 g/mol. The highest BCUT2D eigenvalue weighted by atomic mass is 16.2. The number of nitrogens with two attached hydrogens (primary N) is 1. The predicted molar refractivity (Wildman–Crippen MR) is 132 cm³/mol. The number of amides is 2. The summed E-state index contributed by atoms with van der Waals surface area (Å²) < 4.78 is 0. The minimum absolute atomic E-state index is 0.0695. The summed E-state index contributed by atoms with van der Waals surface area (Å²) in [6.45, 7) is 3.24. The highest BCUT2D eigenvalue weighted by Crippen LogP contribution is 2.38. The Hall–Kier alpha value is -4.27. The van der Waals surface area contributed by atoms with Gasteiger partial charge in [-0.1, -0.05) is 24.3 Å². The van der Waals surface area contributed by atoms with E-state index in [4.69, 9.17) is 5.73 Å². The predicted octanol–water partition coefficient (Wildman–Crippen LogP) is 2.18. The zero-order valence-corrected chi connectivity index (χ0v) is 19.3. The molecule has 0 bridgehead atoms. The van der Waals surface area contributed by atoms with E-state index in [0.29, 0.717) is 54.6 Å². The van der Waals surface area contributed by atoms with E-state index in [9.17, 15) is 14.4 Å². The number of anilines is 2. The van der Waals surface area contributed by atoms with Crippen LogP contribution in [0.5, 0.6) is 0 Å². The molecule has 2 unspecified atom stereocenters. The summed E-state index contributed by atoms with van der Waals surface area (Å²) in [5, 5.41) is 3.24. The molecule has 5 rings (SSSR count). The second-order valence-electron chi connectivity index (χ2n) is 8.83. The Morgan fingerprint density at radius 2 is 1.83 bits per heavy atom. The maximum absolute atomic E-state index is 13.3. The molecule has 0 aliphatic carbocycles. The molecule has 0 radical (unpaired) electrons. The summed E-state index contributed by atoms with van der Waals surface area (Å²) >= 11 is 0. The summed E-state index contributed by atoms with van der Waals surface area (Å²) in [5.74, 6) is -1.30. The van der Waals surface area contributed by atoms with Gasteiger partial charge in [0.1, 0.15) is 11.5 Å². The van der Waals surface area contributed by atoms with Crippen LogP contribution in [0.25, 0.3) is 11.4 Å². The lowest BCUT2D eigenvalue weighted by molar-refractivity contribution is -0.148. The molecule has 0 spiro atoms. The number of nitrogen functional groups attached to an aromatic ring is 1. The Labute approximate surface area is 203 Å². The molecular formula is C26H26N6O3. The van der Waals surface area contributed by atoms with Crippen molar-refractivity contribution in [1.29, 1.82) is 0 Å². The average Bonchev–Trinajstić information content (AvgIpc) is 3.32. The van der Waals surface area contributed by atoms with Gasteiger partial charge in [0.2, 0.25) is 5.78 Å². The van der Waals surface area contributed by atoms with Gasteiger partial charge < -0.3 is 20.9 Å². The summed E-state index contributed by atoms with van der Waals surface area (Å²) in [7, 11) is 0. The van der Waals surface area contributed by atoms with Crippen LogP contribution in [0.3, 0.4) is 0 Å². The molecule has 2 aliphatic rings. The van der Waals surface area contributed by atoms with Crippen LogP contribution in [-0.4, -0.2) is 69.6 Å². The summed E-state index contributed by atoms with van der Waals surface area (Å²) in [4.78, 5) is 51.5. The third kappa shape index (κ3) is 4.21. The van der Waals surface area contributed by atoms with E-state index in [2.05, 4.69) is 15.3 Å². The molecule has 2 aliphatic heterocycles. The Morgan fingerprint density at radius 1 is 1.03 bits per heavy atom. The third-order valence-corrected chi connectivity index (χ3v) is 6.58. The first-order chi connectivity index (χ1) is 16.9. The third-order valence-electron chi connectivity index (χ3n) is 6.58. The van der Waals surface area contributed by atoms with Crippen molar-refractivity contribution >= 4 is 29.1 Å². The number of hydrogen-bond acceptors (Lipinski definition) is 7. The van der Waals surface area contributed by atoms with Crippen molar-refractivity contribution in [2.24, 2.45) is 0 Å². The van der Waals surface area contributed by atoms with Crippen LogP contribution in [-0.2, 0) is 9.59 Å². The molecule has 2 amide bonds. The smallest absolute Gasteiger partial charge is 0.291 e. The molecule has 1 aromatic carbocycles. The monoisotopic (exact) mass is 470 g/mol. The van der Waals surface area contributed by atoms with Crippen LogP contribution in [0.1, 0.15) is 28.8 Å². The summed E-state index contributed by atoms with van der Waals surface area (Å²) in [5.41, 5.74) is 9.06. The quantitative estimate of drug-likeness (QED) is 0.561. The molecule has 0 saturated carbocycles. The van der Waals surface area contributed by atoms with Gasteiger partial charge in [-0.05, 0) is 42.8 Å². The number of piperazine rings is 1. The lowest BCUT2D eigenvalue weighted by atomic mass is 9.95. The van der Waals surface area contributed by atoms with Crippen LogP contribution >= 0.6 is 0 Å². The fraction of sp³-hybridized carbons (Fsp3) is 0.269. The molecule has 2 aromatic heterocycles. The lowest BCUT2D eigenvalue weighted by Gasteiger charge is -2.39. The molecule has 9 nitrogen and oxygen atoms in total. The minimum atomic E-state index is -0.614. The number of nitrogens with one attached hydrogen (secondary N) is 1. The van der Waals surface area contributed by atoms with E-state index >= 15 is 0 Å². The molecule has 178 valence electrons. The number of hydrogen-bond donors (Lipinski definition) is 2. The Balaban J connectivity index is 1.31. The van der Waals surface area contributed by atoms with Crippen molar-refractivity contribution < 1.29 is 14.4 Å². The van der Waals surface area contributed by atoms with Gasteiger partial charge >= 0.3 is 0 Å². The second-order valence-corrected chi connectivity index (χ2v) is 8.83. The van der Waals surface area contributed by atoms with Crippen LogP contribution in [0.2, 0.25) is 0 Å². The van der Waals surface area contributed by atoms with Crippen molar-refractivity contribution in [3.05, 3.63) is 71.9 Å². The Bertz CT molecular complexity index is 1300. The number of rotatable bonds is 4. The maximum atomic E-state index is 13.3. The van der Waals surface area contributed by atoms with Gasteiger partial charge in [0, 0.05) is 44.0 Å². The SMILES string of the molecule is CC1CN(C(=O)c2ccccc2)CCN1C(=O)C(=O)C1CNc2c1ccnc2-c1cccc(N)n1. The number of fused-ring (bicyclic) bond motifs is 1. The van der Waals surface area contributed by atoms with Crippen molar-refractivity contribution in [2.75, 3.05) is 37.2 Å². The molecule has 35 heavy (non-hydrogen) atoms. The van der Waals surface area contributed by atoms with Gasteiger partial charge in [-0.2, -0.15) is 0 Å². The molecule has 3 N–H and O–H groups in total. The summed E-state index contributed by atoms with van der Waals surface area (Å²) in [6.07, 6.45) is 1.62. The number of carbonyl (C=O) groups excluding carboxylic acids is 3. The summed E-state index contributed by atoms with van der Waals surface area (Å²) in [6, 6.07) is 15.9. The van der Waals surface area contributed by atoms with Gasteiger partial charge in [-0.25, -0.2) is 4.98 Å². The number of ketones is 1. The maximum Gasteiger partial charge on any atom is 0.291 e. The van der Waals surface area contributed by atoms with E-state index in [1.807, 2.05) is 25.1 Å². The Morgan fingerprint density at radius 3 is 2.57 bits per heavy atom. The topological polar surface area (TPSA) is 122 Å². The standard InChI is InChI=1S/C26H26N6O3/c1-16-15-31(25(34)17-6-3-2-4-7-17)12-13-32(16)26(35)24(33)19-14-29-22-18(19)10-11-28-23(22)20-8-5-9-21(27)30-20/h2-11,16,19,29H,12-15H2,1H3,(H2,27,30). The van der Waals surface area contributed by atoms with Crippen molar-refractivity contribution in [3.63, 3.8) is 0 Å². The van der Waals surface area contributed by atoms with Gasteiger partial charge in [-0.3, -0.25) is 19.4 Å². The number of carbonyl (C=O) groups is 3. The number of aromatic nitrogens is 2. The highest BCUT2D eigenvalue weighted by molar-refractivity contribution is 6.38. The molecule has 1 fully saturated rings. The van der Waals surface area contributed by atoms with Gasteiger partial charge in [0.05, 0.1) is 17.3 Å². The highest BCUT2D eigenvalue weighted by Gasteiger charge is 2.39. The van der Waals surface area contributed by atoms with E-state index < -0.39 is 17.6 Å². The van der Waals surface area contributed by atoms with E-state index in [1.165, 1.54) is 0 Å². The van der Waals surface area contributed by atoms with Crippen molar-refractivity contribution in [1.82, 2.24) is 19.8 Å². The largest absolute Gasteiger partial charge is 0.384 e. The molecule has 2 atom stereocenters. The van der Waals surface area contributed by atoms with E-state index in [-0.39, 0.29) is 11.9 Å². The fourth-order valence-electron chi connectivity index (χ4n) is 4.78. The Kier molecular flexibility index (Phi) is 5.90. The molecule has 4 heterocycles. The zero-order chi connectivity index (χ0) is 24.5. The zero-order valence-electron chi connectivity index (χ0n) is 19.3. The van der Waals surface area contributed by atoms with Gasteiger partial charge in [0.25, 0.3) is 11.8 Å². The van der Waals surface area contributed by atoms with E-state index in [1.54, 1.807) is 52.4 Å². The number of pyridine rings is 2. The number of Topliss-reactive ketones (excluding diaryl/α,β-unsaturated/α-hetero) is 1. The first-order valence-corrected chi connectivity index (χ1v) is 11.6. The van der Waals surface area contributed by atoms with Gasteiger partial charge in [-0.15, -0.1) is 0 Å². The average molecular weight is 471 g/mol.